The number of carboxylic acids is 4. The number of hydrogen-bond acceptors (Lipinski definition) is 4. The average molecular weight is 494 g/mol. The molecule has 0 aromatic heterocycles. The van der Waals surface area contributed by atoms with Crippen LogP contribution >= 0.6 is 0 Å². The van der Waals surface area contributed by atoms with Crippen LogP contribution in [0, 0.1) is 0 Å². The van der Waals surface area contributed by atoms with Crippen LogP contribution in [0.4, 0.5) is 0 Å². The van der Waals surface area contributed by atoms with Gasteiger partial charge in [-0.05, 0) is 69.8 Å². The summed E-state index contributed by atoms with van der Waals surface area (Å²) in [6.07, 6.45) is 0. The molecule has 0 bridgehead atoms. The molecule has 1 aliphatic rings. The maximum absolute atomic E-state index is 12.0. The lowest BCUT2D eigenvalue weighted by molar-refractivity contribution is 0.0676. The first kappa shape index (κ1) is 23.5. The summed E-state index contributed by atoms with van der Waals surface area (Å²) in [5.41, 5.74) is 0.811. The summed E-state index contributed by atoms with van der Waals surface area (Å²) in [6, 6.07) is 21.9. The van der Waals surface area contributed by atoms with Gasteiger partial charge in [0.15, 0.2) is 0 Å². The van der Waals surface area contributed by atoms with Crippen molar-refractivity contribution in [3.8, 4) is 11.1 Å². The molecule has 0 saturated heterocycles. The van der Waals surface area contributed by atoms with Gasteiger partial charge >= 0.3 is 23.9 Å². The van der Waals surface area contributed by atoms with E-state index in [1.165, 1.54) is 24.3 Å². The number of aromatic carboxylic acids is 4. The summed E-state index contributed by atoms with van der Waals surface area (Å²) in [6.45, 7) is 0. The maximum atomic E-state index is 12.0. The lowest BCUT2D eigenvalue weighted by Crippen LogP contribution is -2.30. The van der Waals surface area contributed by atoms with Crippen LogP contribution in [0.25, 0.3) is 11.1 Å². The Kier molecular flexibility index (Phi) is 5.37. The smallest absolute Gasteiger partial charge is 0.335 e. The van der Waals surface area contributed by atoms with E-state index in [1.54, 1.807) is 24.3 Å². The van der Waals surface area contributed by atoms with Gasteiger partial charge < -0.3 is 20.4 Å². The number of carboxylic acid groups (broad SMARTS) is 4. The Morgan fingerprint density at radius 3 is 1.05 bits per heavy atom. The quantitative estimate of drug-likeness (QED) is 0.262. The van der Waals surface area contributed by atoms with Crippen LogP contribution in [0.2, 0.25) is 0 Å². The van der Waals surface area contributed by atoms with Crippen molar-refractivity contribution in [2.45, 2.75) is 5.41 Å². The molecule has 5 rings (SSSR count). The minimum absolute atomic E-state index is 0.251. The third-order valence-electron chi connectivity index (χ3n) is 6.67. The second kappa shape index (κ2) is 8.46. The molecule has 0 fully saturated rings. The Labute approximate surface area is 209 Å². The number of rotatable bonds is 6. The van der Waals surface area contributed by atoms with E-state index in [-0.39, 0.29) is 33.4 Å². The van der Waals surface area contributed by atoms with Gasteiger partial charge in [-0.25, -0.2) is 19.2 Å². The summed E-state index contributed by atoms with van der Waals surface area (Å²) >= 11 is 0. The van der Waals surface area contributed by atoms with E-state index >= 15 is 0 Å². The van der Waals surface area contributed by atoms with E-state index in [0.717, 1.165) is 23.3 Å². The van der Waals surface area contributed by atoms with Crippen molar-refractivity contribution in [3.63, 3.8) is 0 Å². The van der Waals surface area contributed by atoms with Crippen molar-refractivity contribution in [1.82, 2.24) is 0 Å². The van der Waals surface area contributed by atoms with Gasteiger partial charge in [-0.1, -0.05) is 48.5 Å². The van der Waals surface area contributed by atoms with Gasteiger partial charge in [0.25, 0.3) is 0 Å². The highest BCUT2D eigenvalue weighted by Crippen LogP contribution is 2.56. The average Bonchev–Trinajstić information content (AvgIpc) is 3.19. The molecule has 182 valence electrons. The fraction of sp³-hybridized carbons (Fsp3) is 0.0345. The van der Waals surface area contributed by atoms with Crippen LogP contribution in [-0.4, -0.2) is 44.3 Å². The molecule has 0 radical (unpaired) electrons. The van der Waals surface area contributed by atoms with E-state index < -0.39 is 29.3 Å². The molecule has 0 atom stereocenters. The van der Waals surface area contributed by atoms with E-state index in [1.807, 2.05) is 24.3 Å². The molecule has 4 aromatic rings. The van der Waals surface area contributed by atoms with E-state index in [0.29, 0.717) is 11.1 Å². The van der Waals surface area contributed by atoms with E-state index in [9.17, 15) is 39.6 Å². The predicted molar refractivity (Wildman–Crippen MR) is 132 cm³/mol. The Hall–Kier alpha value is -5.24. The molecule has 0 saturated carbocycles. The summed E-state index contributed by atoms with van der Waals surface area (Å²) in [5.74, 6) is -5.37. The van der Waals surface area contributed by atoms with Gasteiger partial charge in [0, 0.05) is 0 Å². The molecular formula is C29H18O8. The normalized spacial score (nSPS) is 12.9. The highest BCUT2D eigenvalue weighted by molar-refractivity contribution is 5.97. The fourth-order valence-corrected chi connectivity index (χ4v) is 5.21. The Balaban J connectivity index is 2.02. The second-order valence-corrected chi connectivity index (χ2v) is 8.66. The van der Waals surface area contributed by atoms with E-state index in [4.69, 9.17) is 0 Å². The molecule has 1 aliphatic carbocycles. The molecule has 4 N–H and O–H groups in total. The van der Waals surface area contributed by atoms with Crippen LogP contribution in [0.15, 0.2) is 84.9 Å². The van der Waals surface area contributed by atoms with Crippen molar-refractivity contribution >= 4 is 23.9 Å². The van der Waals surface area contributed by atoms with Gasteiger partial charge in [-0.3, -0.25) is 0 Å². The third-order valence-corrected chi connectivity index (χ3v) is 6.67. The second-order valence-electron chi connectivity index (χ2n) is 8.66. The molecule has 0 aliphatic heterocycles. The van der Waals surface area contributed by atoms with Gasteiger partial charge in [0.2, 0.25) is 0 Å². The minimum atomic E-state index is -1.40. The lowest BCUT2D eigenvalue weighted by Gasteiger charge is -2.34. The van der Waals surface area contributed by atoms with Crippen molar-refractivity contribution in [2.24, 2.45) is 0 Å². The number of fused-ring (bicyclic) bond motifs is 3. The van der Waals surface area contributed by atoms with Gasteiger partial charge in [-0.15, -0.1) is 0 Å². The van der Waals surface area contributed by atoms with Crippen molar-refractivity contribution < 1.29 is 39.6 Å². The molecular weight excluding hydrogens is 476 g/mol. The molecule has 37 heavy (non-hydrogen) atoms. The molecule has 0 spiro atoms. The molecule has 8 nitrogen and oxygen atoms in total. The van der Waals surface area contributed by atoms with E-state index in [2.05, 4.69) is 0 Å². The topological polar surface area (TPSA) is 149 Å². The number of carbonyl (C=O) groups is 4. The predicted octanol–water partition coefficient (Wildman–Crippen LogP) is 4.84. The Bertz CT molecular complexity index is 1460. The summed E-state index contributed by atoms with van der Waals surface area (Å²) in [7, 11) is 0. The monoisotopic (exact) mass is 494 g/mol. The SMILES string of the molecule is O=C(O)c1cc(C(=O)O)cc(C2(c3cc(C(=O)O)cc(C(=O)O)c3)c3ccccc3-c3ccccc32)c1. The maximum Gasteiger partial charge on any atom is 0.335 e. The molecule has 0 heterocycles. The van der Waals surface area contributed by atoms with Crippen LogP contribution in [0.3, 0.4) is 0 Å². The zero-order valence-corrected chi connectivity index (χ0v) is 19.0. The van der Waals surface area contributed by atoms with Gasteiger partial charge in [0.05, 0.1) is 27.7 Å². The summed E-state index contributed by atoms with van der Waals surface area (Å²) < 4.78 is 0. The lowest BCUT2D eigenvalue weighted by atomic mass is 9.66. The zero-order valence-electron chi connectivity index (χ0n) is 19.0. The minimum Gasteiger partial charge on any atom is -0.478 e. The largest absolute Gasteiger partial charge is 0.478 e. The first-order valence-electron chi connectivity index (χ1n) is 11.1. The Morgan fingerprint density at radius 1 is 0.459 bits per heavy atom. The highest BCUT2D eigenvalue weighted by atomic mass is 16.4. The van der Waals surface area contributed by atoms with Crippen molar-refractivity contribution in [3.05, 3.63) is 129 Å². The molecule has 0 unspecified atom stereocenters. The third kappa shape index (κ3) is 3.54. The number of hydrogen-bond donors (Lipinski definition) is 4. The van der Waals surface area contributed by atoms with Crippen LogP contribution in [0.1, 0.15) is 63.7 Å². The van der Waals surface area contributed by atoms with Crippen molar-refractivity contribution in [1.29, 1.82) is 0 Å². The molecule has 4 aromatic carbocycles. The summed E-state index contributed by atoms with van der Waals surface area (Å²) in [5, 5.41) is 39.2. The van der Waals surface area contributed by atoms with Gasteiger partial charge in [-0.2, -0.15) is 0 Å². The molecule has 0 amide bonds. The first-order valence-corrected chi connectivity index (χ1v) is 11.1. The highest BCUT2D eigenvalue weighted by Gasteiger charge is 2.47. The van der Waals surface area contributed by atoms with Crippen LogP contribution in [-0.2, 0) is 5.41 Å². The Morgan fingerprint density at radius 2 is 0.757 bits per heavy atom. The van der Waals surface area contributed by atoms with Crippen molar-refractivity contribution in [2.75, 3.05) is 0 Å². The van der Waals surface area contributed by atoms with Crippen LogP contribution < -0.4 is 0 Å². The first-order chi connectivity index (χ1) is 17.6. The molecule has 8 heteroatoms. The standard InChI is InChI=1S/C29H18O8/c30-25(31)15-9-16(26(32)33)12-19(11-15)29(20-13-17(27(34)35)10-18(14-20)28(36)37)23-7-3-1-5-21(23)22-6-2-4-8-24(22)29/h1-14H,(H,30,31)(H,32,33)(H,34,35)(H,36,37). The summed E-state index contributed by atoms with van der Waals surface area (Å²) in [4.78, 5) is 48.1. The van der Waals surface area contributed by atoms with Gasteiger partial charge in [0.1, 0.15) is 0 Å². The number of benzene rings is 4. The zero-order chi connectivity index (χ0) is 26.5. The van der Waals surface area contributed by atoms with Crippen LogP contribution in [0.5, 0.6) is 0 Å². The fourth-order valence-electron chi connectivity index (χ4n) is 5.21.